The lowest BCUT2D eigenvalue weighted by molar-refractivity contribution is -0.129. The Morgan fingerprint density at radius 1 is 0.875 bits per heavy atom. The van der Waals surface area contributed by atoms with Crippen molar-refractivity contribution in [3.8, 4) is 0 Å². The van der Waals surface area contributed by atoms with Crippen LogP contribution >= 0.6 is 0 Å². The summed E-state index contributed by atoms with van der Waals surface area (Å²) in [7, 11) is -9.56. The molecule has 0 bridgehead atoms. The standard InChI is InChI=1S/C4H6N4O6S2/c1-2-3(9)7(15(5,11)12)8(4(2)10)16(6,13)14/h1H2,(H2,5,11,12)(H2,6,13,14). The Hall–Kier alpha value is -1.50. The molecule has 1 saturated heterocycles. The van der Waals surface area contributed by atoms with Crippen LogP contribution in [0.1, 0.15) is 0 Å². The minimum Gasteiger partial charge on any atom is -0.266 e. The first kappa shape index (κ1) is 12.6. The van der Waals surface area contributed by atoms with Crippen LogP contribution in [0.5, 0.6) is 0 Å². The third kappa shape index (κ3) is 1.78. The number of rotatable bonds is 2. The molecule has 0 radical (unpaired) electrons. The monoisotopic (exact) mass is 270 g/mol. The average Bonchev–Trinajstić information content (AvgIpc) is 2.27. The number of nitrogens with two attached hydrogens (primary N) is 2. The summed E-state index contributed by atoms with van der Waals surface area (Å²) in [4.78, 5) is 22.4. The van der Waals surface area contributed by atoms with Crippen molar-refractivity contribution in [2.24, 2.45) is 10.3 Å². The molecule has 0 aromatic rings. The lowest BCUT2D eigenvalue weighted by Crippen LogP contribution is -2.52. The maximum Gasteiger partial charge on any atom is 0.320 e. The molecular formula is C4H6N4O6S2. The first-order chi connectivity index (χ1) is 6.98. The Kier molecular flexibility index (Phi) is 2.55. The normalized spacial score (nSPS) is 18.5. The molecule has 0 unspecified atom stereocenters. The van der Waals surface area contributed by atoms with Gasteiger partial charge in [0.1, 0.15) is 5.57 Å². The molecule has 1 aliphatic rings. The molecule has 0 aromatic heterocycles. The maximum absolute atomic E-state index is 11.2. The molecule has 0 atom stereocenters. The zero-order valence-corrected chi connectivity index (χ0v) is 9.16. The van der Waals surface area contributed by atoms with Crippen molar-refractivity contribution in [3.63, 3.8) is 0 Å². The summed E-state index contributed by atoms with van der Waals surface area (Å²) in [5.41, 5.74) is -0.872. The highest BCUT2D eigenvalue weighted by atomic mass is 32.2. The smallest absolute Gasteiger partial charge is 0.266 e. The van der Waals surface area contributed by atoms with Crippen LogP contribution in [0.3, 0.4) is 0 Å². The highest BCUT2D eigenvalue weighted by Gasteiger charge is 2.50. The van der Waals surface area contributed by atoms with Gasteiger partial charge in [0.15, 0.2) is 0 Å². The van der Waals surface area contributed by atoms with E-state index in [1.165, 1.54) is 0 Å². The van der Waals surface area contributed by atoms with Crippen molar-refractivity contribution < 1.29 is 26.4 Å². The highest BCUT2D eigenvalue weighted by molar-refractivity contribution is 7.90. The summed E-state index contributed by atoms with van der Waals surface area (Å²) in [5.74, 6) is -2.94. The van der Waals surface area contributed by atoms with Crippen LogP contribution in [0, 0.1) is 0 Å². The Bertz CT molecular complexity index is 536. The van der Waals surface area contributed by atoms with Gasteiger partial charge in [0, 0.05) is 0 Å². The lowest BCUT2D eigenvalue weighted by Gasteiger charge is -2.21. The number of carbonyl (C=O) groups is 2. The van der Waals surface area contributed by atoms with Crippen LogP contribution in [0.15, 0.2) is 12.2 Å². The summed E-state index contributed by atoms with van der Waals surface area (Å²) >= 11 is 0. The van der Waals surface area contributed by atoms with Gasteiger partial charge >= 0.3 is 20.4 Å². The number of amides is 2. The number of nitrogens with zero attached hydrogens (tertiary/aromatic N) is 2. The molecule has 0 spiro atoms. The van der Waals surface area contributed by atoms with Gasteiger partial charge in [-0.3, -0.25) is 9.59 Å². The third-order valence-electron chi connectivity index (χ3n) is 1.51. The Morgan fingerprint density at radius 3 is 1.31 bits per heavy atom. The van der Waals surface area contributed by atoms with Crippen LogP contribution in [0.4, 0.5) is 0 Å². The molecule has 1 fully saturated rings. The fraction of sp³-hybridized carbons (Fsp3) is 0. The molecule has 4 N–H and O–H groups in total. The molecule has 16 heavy (non-hydrogen) atoms. The van der Waals surface area contributed by atoms with E-state index in [2.05, 4.69) is 16.9 Å². The van der Waals surface area contributed by atoms with Crippen LogP contribution in [0.25, 0.3) is 0 Å². The predicted octanol–water partition coefficient (Wildman–Crippen LogP) is -3.46. The number of hydrazine groups is 1. The van der Waals surface area contributed by atoms with Gasteiger partial charge in [0.05, 0.1) is 0 Å². The second kappa shape index (κ2) is 3.24. The van der Waals surface area contributed by atoms with E-state index in [1.807, 2.05) is 0 Å². The number of carbonyl (C=O) groups excluding carboxylic acids is 2. The van der Waals surface area contributed by atoms with Gasteiger partial charge in [-0.05, 0) is 0 Å². The largest absolute Gasteiger partial charge is 0.320 e. The third-order valence-corrected chi connectivity index (χ3v) is 3.24. The van der Waals surface area contributed by atoms with Crippen molar-refractivity contribution >= 4 is 32.2 Å². The van der Waals surface area contributed by atoms with Gasteiger partial charge < -0.3 is 0 Å². The first-order valence-corrected chi connectivity index (χ1v) is 6.42. The molecular weight excluding hydrogens is 264 g/mol. The number of hydrogen-bond acceptors (Lipinski definition) is 6. The molecule has 10 nitrogen and oxygen atoms in total. The average molecular weight is 270 g/mol. The molecule has 0 aromatic carbocycles. The SMILES string of the molecule is C=C1C(=O)N(S(N)(=O)=O)N(S(N)(=O)=O)C1=O. The molecule has 12 heteroatoms. The molecule has 90 valence electrons. The molecule has 1 rings (SSSR count). The van der Waals surface area contributed by atoms with Gasteiger partial charge in [0.25, 0.3) is 11.8 Å². The van der Waals surface area contributed by atoms with Gasteiger partial charge in [0.2, 0.25) is 0 Å². The predicted molar refractivity (Wildman–Crippen MR) is 49.0 cm³/mol. The molecule has 0 aliphatic carbocycles. The van der Waals surface area contributed by atoms with Crippen LogP contribution in [-0.2, 0) is 30.0 Å². The van der Waals surface area contributed by atoms with Gasteiger partial charge in [-0.2, -0.15) is 16.8 Å². The van der Waals surface area contributed by atoms with Crippen molar-refractivity contribution in [2.75, 3.05) is 0 Å². The quantitative estimate of drug-likeness (QED) is 0.391. The van der Waals surface area contributed by atoms with Crippen LogP contribution in [0.2, 0.25) is 0 Å². The second-order valence-electron chi connectivity index (χ2n) is 2.66. The Balaban J connectivity index is 3.53. The van der Waals surface area contributed by atoms with E-state index in [4.69, 9.17) is 0 Å². The van der Waals surface area contributed by atoms with Crippen molar-refractivity contribution in [2.45, 2.75) is 0 Å². The summed E-state index contributed by atoms with van der Waals surface area (Å²) < 4.78 is 42.7. The zero-order valence-electron chi connectivity index (χ0n) is 7.52. The van der Waals surface area contributed by atoms with Crippen LogP contribution in [-0.4, -0.2) is 37.5 Å². The Morgan fingerprint density at radius 2 is 1.12 bits per heavy atom. The van der Waals surface area contributed by atoms with Crippen LogP contribution < -0.4 is 10.3 Å². The van der Waals surface area contributed by atoms with E-state index in [-0.39, 0.29) is 0 Å². The summed E-state index contributed by atoms with van der Waals surface area (Å²) in [6.45, 7) is 2.92. The fourth-order valence-electron chi connectivity index (χ4n) is 0.925. The van der Waals surface area contributed by atoms with E-state index < -0.39 is 46.6 Å². The molecule has 2 amide bonds. The van der Waals surface area contributed by atoms with Gasteiger partial charge in [-0.15, -0.1) is 8.83 Å². The molecule has 1 aliphatic heterocycles. The zero-order chi connectivity index (χ0) is 12.9. The maximum atomic E-state index is 11.2. The minimum atomic E-state index is -4.78. The highest BCUT2D eigenvalue weighted by Crippen LogP contribution is 2.21. The van der Waals surface area contributed by atoms with Gasteiger partial charge in [-0.1, -0.05) is 6.58 Å². The molecule has 1 heterocycles. The topological polar surface area (TPSA) is 161 Å². The van der Waals surface area contributed by atoms with E-state index in [0.29, 0.717) is 0 Å². The van der Waals surface area contributed by atoms with E-state index in [9.17, 15) is 26.4 Å². The lowest BCUT2D eigenvalue weighted by atomic mass is 10.3. The van der Waals surface area contributed by atoms with E-state index in [0.717, 1.165) is 0 Å². The second-order valence-corrected chi connectivity index (χ2v) is 5.42. The summed E-state index contributed by atoms with van der Waals surface area (Å²) in [6.07, 6.45) is 0. The number of hydrogen-bond donors (Lipinski definition) is 2. The molecule has 0 saturated carbocycles. The summed E-state index contributed by atoms with van der Waals surface area (Å²) in [5, 5.41) is 9.13. The van der Waals surface area contributed by atoms with Crippen molar-refractivity contribution in [1.29, 1.82) is 0 Å². The van der Waals surface area contributed by atoms with Crippen molar-refractivity contribution in [1.82, 2.24) is 8.83 Å². The summed E-state index contributed by atoms with van der Waals surface area (Å²) in [6, 6.07) is 0. The van der Waals surface area contributed by atoms with E-state index in [1.54, 1.807) is 0 Å². The first-order valence-electron chi connectivity index (χ1n) is 3.41. The van der Waals surface area contributed by atoms with Crippen molar-refractivity contribution in [3.05, 3.63) is 12.2 Å². The Labute approximate surface area is 90.4 Å². The van der Waals surface area contributed by atoms with Gasteiger partial charge in [-0.25, -0.2) is 10.3 Å². The fourth-order valence-corrected chi connectivity index (χ4v) is 2.73. The van der Waals surface area contributed by atoms with E-state index >= 15 is 0 Å². The minimum absolute atomic E-state index is 0.465.